The summed E-state index contributed by atoms with van der Waals surface area (Å²) in [7, 11) is 5.36. The van der Waals surface area contributed by atoms with Crippen molar-refractivity contribution < 1.29 is 14.3 Å². The highest BCUT2D eigenvalue weighted by atomic mass is 35.5. The molecule has 34 heavy (non-hydrogen) atoms. The minimum Gasteiger partial charge on any atom is -0.497 e. The fourth-order valence-electron chi connectivity index (χ4n) is 4.31. The minimum absolute atomic E-state index is 0.433. The molecule has 3 heterocycles. The van der Waals surface area contributed by atoms with Crippen LogP contribution in [0.4, 0.5) is 10.7 Å². The molecule has 1 aliphatic rings. The third-order valence-corrected chi connectivity index (χ3v) is 6.20. The third kappa shape index (κ3) is 4.01. The lowest BCUT2D eigenvalue weighted by molar-refractivity contribution is 0.135. The lowest BCUT2D eigenvalue weighted by atomic mass is 9.94. The highest BCUT2D eigenvalue weighted by molar-refractivity contribution is 6.31. The number of ether oxygens (including phenoxy) is 2. The van der Waals surface area contributed by atoms with Gasteiger partial charge >= 0.3 is 6.09 Å². The molecule has 0 aliphatic carbocycles. The van der Waals surface area contributed by atoms with Crippen molar-refractivity contribution in [2.24, 2.45) is 0 Å². The molecule has 1 aliphatic heterocycles. The second-order valence-corrected chi connectivity index (χ2v) is 8.74. The quantitative estimate of drug-likeness (QED) is 0.453. The van der Waals surface area contributed by atoms with Crippen LogP contribution < -0.4 is 14.4 Å². The number of halogens is 1. The van der Waals surface area contributed by atoms with Crippen LogP contribution in [0.5, 0.6) is 11.5 Å². The van der Waals surface area contributed by atoms with Gasteiger partial charge in [-0.2, -0.15) is 0 Å². The molecule has 9 heteroatoms. The van der Waals surface area contributed by atoms with Crippen LogP contribution in [0.25, 0.3) is 10.9 Å². The number of nitrogens with one attached hydrogen (secondary N) is 1. The Morgan fingerprint density at radius 2 is 1.82 bits per heavy atom. The van der Waals surface area contributed by atoms with Crippen LogP contribution >= 0.6 is 11.6 Å². The normalized spacial score (nSPS) is 15.2. The van der Waals surface area contributed by atoms with E-state index < -0.39 is 12.1 Å². The number of methoxy groups -OCH3 is 1. The number of hydrogen-bond acceptors (Lipinski definition) is 6. The maximum Gasteiger partial charge on any atom is 0.416 e. The number of amides is 1. The zero-order valence-electron chi connectivity index (χ0n) is 19.1. The summed E-state index contributed by atoms with van der Waals surface area (Å²) in [6, 6.07) is 12.3. The van der Waals surface area contributed by atoms with Gasteiger partial charge in [0.1, 0.15) is 17.5 Å². The van der Waals surface area contributed by atoms with E-state index in [1.165, 1.54) is 0 Å². The largest absolute Gasteiger partial charge is 0.497 e. The van der Waals surface area contributed by atoms with Gasteiger partial charge in [-0.3, -0.25) is 4.90 Å². The molecular formula is C25H24ClN5O3. The minimum atomic E-state index is -0.450. The predicted octanol–water partition coefficient (Wildman–Crippen LogP) is 4.83. The zero-order chi connectivity index (χ0) is 23.8. The monoisotopic (exact) mass is 477 g/mol. The van der Waals surface area contributed by atoms with E-state index in [4.69, 9.17) is 21.1 Å². The smallest absolute Gasteiger partial charge is 0.416 e. The van der Waals surface area contributed by atoms with Crippen LogP contribution in [0.1, 0.15) is 22.9 Å². The van der Waals surface area contributed by atoms with E-state index >= 15 is 0 Å². The van der Waals surface area contributed by atoms with Crippen molar-refractivity contribution in [1.82, 2.24) is 19.9 Å². The number of fused-ring (bicyclic) bond motifs is 3. The van der Waals surface area contributed by atoms with Gasteiger partial charge in [0.2, 0.25) is 5.95 Å². The Morgan fingerprint density at radius 1 is 1.12 bits per heavy atom. The number of nitrogens with zero attached hydrogens (tertiary/aromatic N) is 4. The van der Waals surface area contributed by atoms with Gasteiger partial charge in [-0.25, -0.2) is 14.8 Å². The topological polar surface area (TPSA) is 83.6 Å². The van der Waals surface area contributed by atoms with Crippen molar-refractivity contribution in [2.75, 3.05) is 32.6 Å². The zero-order valence-corrected chi connectivity index (χ0v) is 19.8. The van der Waals surface area contributed by atoms with Crippen molar-refractivity contribution in [3.8, 4) is 11.5 Å². The Balaban J connectivity index is 1.55. The van der Waals surface area contributed by atoms with E-state index in [0.717, 1.165) is 27.7 Å². The van der Waals surface area contributed by atoms with Gasteiger partial charge in [0.15, 0.2) is 0 Å². The van der Waals surface area contributed by atoms with Gasteiger partial charge in [0.05, 0.1) is 7.11 Å². The second kappa shape index (κ2) is 8.87. The first-order valence-corrected chi connectivity index (χ1v) is 11.2. The van der Waals surface area contributed by atoms with E-state index in [9.17, 15) is 4.79 Å². The summed E-state index contributed by atoms with van der Waals surface area (Å²) in [5.41, 5.74) is 3.80. The Hall–Kier alpha value is -3.78. The molecule has 5 rings (SSSR count). The van der Waals surface area contributed by atoms with Crippen molar-refractivity contribution in [2.45, 2.75) is 12.5 Å². The molecule has 0 saturated heterocycles. The van der Waals surface area contributed by atoms with E-state index in [-0.39, 0.29) is 0 Å². The van der Waals surface area contributed by atoms with Crippen LogP contribution in [0.2, 0.25) is 5.02 Å². The van der Waals surface area contributed by atoms with E-state index in [1.807, 2.05) is 37.2 Å². The fourth-order valence-corrected chi connectivity index (χ4v) is 4.48. The van der Waals surface area contributed by atoms with Crippen LogP contribution in [-0.4, -0.2) is 53.7 Å². The number of aromatic nitrogens is 3. The van der Waals surface area contributed by atoms with E-state index in [2.05, 4.69) is 15.0 Å². The van der Waals surface area contributed by atoms with Crippen molar-refractivity contribution in [3.05, 3.63) is 76.7 Å². The molecule has 174 valence electrons. The molecule has 0 radical (unpaired) electrons. The first-order valence-electron chi connectivity index (χ1n) is 10.9. The first-order chi connectivity index (χ1) is 16.4. The summed E-state index contributed by atoms with van der Waals surface area (Å²) in [6.45, 7) is 0.474. The molecule has 0 bridgehead atoms. The molecule has 0 saturated carbocycles. The lowest BCUT2D eigenvalue weighted by Crippen LogP contribution is -2.42. The van der Waals surface area contributed by atoms with Gasteiger partial charge in [-0.05, 0) is 54.4 Å². The lowest BCUT2D eigenvalue weighted by Gasteiger charge is -2.35. The summed E-state index contributed by atoms with van der Waals surface area (Å²) in [5, 5.41) is 1.73. The van der Waals surface area contributed by atoms with Crippen LogP contribution in [0.15, 0.2) is 54.9 Å². The molecule has 1 amide bonds. The molecule has 0 unspecified atom stereocenters. The Labute approximate surface area is 202 Å². The summed E-state index contributed by atoms with van der Waals surface area (Å²) in [5.74, 6) is 1.73. The number of hydrogen-bond donors (Lipinski definition) is 1. The molecule has 8 nitrogen and oxygen atoms in total. The number of benzene rings is 2. The van der Waals surface area contributed by atoms with Crippen LogP contribution in [0, 0.1) is 0 Å². The number of aromatic amines is 1. The number of anilines is 1. The number of carbonyl (C=O) groups is 1. The third-order valence-electron chi connectivity index (χ3n) is 5.96. The molecule has 2 aromatic heterocycles. The number of carbonyl (C=O) groups excluding carboxylic acids is 1. The average Bonchev–Trinajstić information content (AvgIpc) is 3.21. The van der Waals surface area contributed by atoms with E-state index in [0.29, 0.717) is 35.4 Å². The van der Waals surface area contributed by atoms with Gasteiger partial charge in [0, 0.05) is 60.2 Å². The molecule has 1 atom stereocenters. The van der Waals surface area contributed by atoms with Gasteiger partial charge < -0.3 is 19.4 Å². The Morgan fingerprint density at radius 3 is 2.50 bits per heavy atom. The summed E-state index contributed by atoms with van der Waals surface area (Å²) >= 11 is 6.28. The van der Waals surface area contributed by atoms with Crippen molar-refractivity contribution in [3.63, 3.8) is 0 Å². The molecule has 1 N–H and O–H groups in total. The van der Waals surface area contributed by atoms with Crippen molar-refractivity contribution >= 4 is 34.5 Å². The maximum absolute atomic E-state index is 13.3. The highest BCUT2D eigenvalue weighted by Crippen LogP contribution is 2.39. The summed E-state index contributed by atoms with van der Waals surface area (Å²) < 4.78 is 10.9. The predicted molar refractivity (Wildman–Crippen MR) is 131 cm³/mol. The van der Waals surface area contributed by atoms with Gasteiger partial charge in [-0.1, -0.05) is 11.6 Å². The maximum atomic E-state index is 13.3. The molecule has 0 spiro atoms. The number of H-pyrrole nitrogens is 1. The SMILES string of the molecule is COc1ccc(OC(=O)N2CCc3c([nH]c4ccc(Cl)cc34)[C@@H]2c2cnc(N(C)C)nc2)cc1. The molecule has 0 fully saturated rings. The van der Waals surface area contributed by atoms with Crippen LogP contribution in [0.3, 0.4) is 0 Å². The molecule has 4 aromatic rings. The first kappa shape index (κ1) is 22.0. The van der Waals surface area contributed by atoms with E-state index in [1.54, 1.807) is 48.7 Å². The average molecular weight is 478 g/mol. The standard InChI is InChI=1S/C25H24ClN5O3/c1-30(2)24-27-13-15(14-28-24)23-22-19(20-12-16(26)4-9-21(20)29-22)10-11-31(23)25(32)34-18-7-5-17(33-3)6-8-18/h4-9,12-14,23,29H,10-11H2,1-3H3/t23-/m0/s1. The van der Waals surface area contributed by atoms with Gasteiger partial charge in [0.25, 0.3) is 0 Å². The van der Waals surface area contributed by atoms with Crippen molar-refractivity contribution in [1.29, 1.82) is 0 Å². The Bertz CT molecular complexity index is 1340. The number of rotatable bonds is 4. The highest BCUT2D eigenvalue weighted by Gasteiger charge is 2.36. The summed E-state index contributed by atoms with van der Waals surface area (Å²) in [4.78, 5) is 29.3. The van der Waals surface area contributed by atoms with Gasteiger partial charge in [-0.15, -0.1) is 0 Å². The summed E-state index contributed by atoms with van der Waals surface area (Å²) in [6.07, 6.45) is 3.73. The molecule has 2 aromatic carbocycles. The molecular weight excluding hydrogens is 454 g/mol. The Kier molecular flexibility index (Phi) is 5.75. The van der Waals surface area contributed by atoms with Crippen LogP contribution in [-0.2, 0) is 6.42 Å². The fraction of sp³-hybridized carbons (Fsp3) is 0.240. The second-order valence-electron chi connectivity index (χ2n) is 8.31.